The number of aliphatic hydroxyl groups is 1. The van der Waals surface area contributed by atoms with Crippen molar-refractivity contribution in [3.63, 3.8) is 0 Å². The maximum absolute atomic E-state index is 11.0. The molecule has 4 fully saturated rings. The molecule has 0 aromatic rings. The summed E-state index contributed by atoms with van der Waals surface area (Å²) in [7, 11) is 0. The van der Waals surface area contributed by atoms with E-state index < -0.39 is 5.97 Å². The van der Waals surface area contributed by atoms with E-state index in [1.807, 2.05) is 6.08 Å². The summed E-state index contributed by atoms with van der Waals surface area (Å²) in [6.45, 7) is 1.65. The molecule has 2 N–H and O–H groups in total. The molecule has 0 amide bonds. The average Bonchev–Trinajstić information content (AvgIpc) is 2.24. The zero-order valence-electron chi connectivity index (χ0n) is 10.2. The first-order chi connectivity index (χ1) is 8.00. The van der Waals surface area contributed by atoms with E-state index in [0.29, 0.717) is 23.3 Å². The first-order valence-corrected chi connectivity index (χ1v) is 6.61. The predicted molar refractivity (Wildman–Crippen MR) is 63.4 cm³/mol. The number of hydrogen-bond donors (Lipinski definition) is 2. The molecule has 3 heteroatoms. The molecule has 4 saturated carbocycles. The molecule has 0 aliphatic heterocycles. The average molecular weight is 236 g/mol. The van der Waals surface area contributed by atoms with Gasteiger partial charge in [0.15, 0.2) is 0 Å². The molecule has 4 rings (SSSR count). The summed E-state index contributed by atoms with van der Waals surface area (Å²) in [5.74, 6) is 0.995. The van der Waals surface area contributed by atoms with Crippen molar-refractivity contribution in [2.75, 3.05) is 0 Å². The van der Waals surface area contributed by atoms with Gasteiger partial charge in [0, 0.05) is 11.0 Å². The van der Waals surface area contributed by atoms with Gasteiger partial charge in [0.05, 0.1) is 6.10 Å². The topological polar surface area (TPSA) is 57.5 Å². The van der Waals surface area contributed by atoms with Gasteiger partial charge in [0.25, 0.3) is 0 Å². The Balaban J connectivity index is 1.95. The van der Waals surface area contributed by atoms with Gasteiger partial charge in [-0.2, -0.15) is 0 Å². The second-order valence-corrected chi connectivity index (χ2v) is 6.42. The zero-order chi connectivity index (χ0) is 12.2. The summed E-state index contributed by atoms with van der Waals surface area (Å²) in [5, 5.41) is 19.5. The maximum atomic E-state index is 11.0. The van der Waals surface area contributed by atoms with Gasteiger partial charge >= 0.3 is 5.97 Å². The second-order valence-electron chi connectivity index (χ2n) is 6.42. The van der Waals surface area contributed by atoms with Crippen LogP contribution in [0.1, 0.15) is 39.0 Å². The number of aliphatic carboxylic acids is 1. The summed E-state index contributed by atoms with van der Waals surface area (Å²) in [6, 6.07) is 0. The van der Waals surface area contributed by atoms with Crippen LogP contribution in [0.4, 0.5) is 0 Å². The third-order valence-electron chi connectivity index (χ3n) is 5.15. The Hall–Kier alpha value is -0.830. The Morgan fingerprint density at radius 1 is 1.24 bits per heavy atom. The largest absolute Gasteiger partial charge is 0.478 e. The van der Waals surface area contributed by atoms with Crippen LogP contribution in [0.25, 0.3) is 0 Å². The molecule has 0 aromatic carbocycles. The van der Waals surface area contributed by atoms with Crippen LogP contribution in [0.5, 0.6) is 0 Å². The molecule has 94 valence electrons. The molecule has 3 nitrogen and oxygen atoms in total. The molecule has 4 aliphatic rings. The van der Waals surface area contributed by atoms with E-state index in [9.17, 15) is 9.90 Å². The van der Waals surface area contributed by atoms with Crippen LogP contribution in [0, 0.1) is 23.2 Å². The highest BCUT2D eigenvalue weighted by molar-refractivity contribution is 5.85. The lowest BCUT2D eigenvalue weighted by atomic mass is 9.48. The summed E-state index contributed by atoms with van der Waals surface area (Å²) in [5.41, 5.74) is 0.169. The van der Waals surface area contributed by atoms with E-state index in [-0.39, 0.29) is 11.5 Å². The van der Waals surface area contributed by atoms with E-state index in [4.69, 9.17) is 5.11 Å². The van der Waals surface area contributed by atoms with Gasteiger partial charge in [-0.3, -0.25) is 0 Å². The number of rotatable bonds is 2. The number of hydrogen-bond acceptors (Lipinski definition) is 2. The molecule has 4 bridgehead atoms. The van der Waals surface area contributed by atoms with Crippen molar-refractivity contribution in [2.45, 2.75) is 45.1 Å². The smallest absolute Gasteiger partial charge is 0.330 e. The van der Waals surface area contributed by atoms with Gasteiger partial charge in [-0.05, 0) is 56.8 Å². The van der Waals surface area contributed by atoms with Crippen molar-refractivity contribution in [2.24, 2.45) is 23.2 Å². The normalized spacial score (nSPS) is 48.5. The first-order valence-electron chi connectivity index (χ1n) is 6.61. The standard InChI is InChI=1S/C14H20O3/c1-8(13(16)17)5-14-6-9-2-10(7-14)4-11(3-9)12(14)15/h5,9-12,15H,2-4,6-7H2,1H3,(H,16,17)/b8-5+. The van der Waals surface area contributed by atoms with E-state index >= 15 is 0 Å². The van der Waals surface area contributed by atoms with E-state index in [0.717, 1.165) is 25.7 Å². The molecule has 3 atom stereocenters. The monoisotopic (exact) mass is 236 g/mol. The third kappa shape index (κ3) is 1.63. The van der Waals surface area contributed by atoms with Gasteiger partial charge in [-0.25, -0.2) is 4.79 Å². The molecule has 17 heavy (non-hydrogen) atoms. The number of carbonyl (C=O) groups is 1. The van der Waals surface area contributed by atoms with Crippen molar-refractivity contribution < 1.29 is 15.0 Å². The number of aliphatic hydroxyl groups excluding tert-OH is 1. The lowest BCUT2D eigenvalue weighted by Crippen LogP contribution is -2.55. The molecule has 0 spiro atoms. The van der Waals surface area contributed by atoms with Crippen molar-refractivity contribution in [1.82, 2.24) is 0 Å². The van der Waals surface area contributed by atoms with Gasteiger partial charge in [0.2, 0.25) is 0 Å². The van der Waals surface area contributed by atoms with Crippen molar-refractivity contribution >= 4 is 5.97 Å². The van der Waals surface area contributed by atoms with E-state index in [2.05, 4.69) is 0 Å². The molecule has 0 saturated heterocycles. The zero-order valence-corrected chi connectivity index (χ0v) is 10.2. The summed E-state index contributed by atoms with van der Waals surface area (Å²) in [6.07, 6.45) is 7.13. The van der Waals surface area contributed by atoms with Crippen LogP contribution in [0.2, 0.25) is 0 Å². The van der Waals surface area contributed by atoms with Gasteiger partial charge in [0.1, 0.15) is 0 Å². The van der Waals surface area contributed by atoms with Crippen LogP contribution in [-0.2, 0) is 4.79 Å². The van der Waals surface area contributed by atoms with Gasteiger partial charge in [-0.15, -0.1) is 0 Å². The molecule has 3 unspecified atom stereocenters. The predicted octanol–water partition coefficient (Wildman–Crippen LogP) is 2.20. The SMILES string of the molecule is C/C(=C\C12CC3CC(CC(C3)C1O)C2)C(=O)O. The van der Waals surface area contributed by atoms with E-state index in [1.54, 1.807) is 6.92 Å². The minimum absolute atomic E-state index is 0.225. The minimum atomic E-state index is -0.854. The van der Waals surface area contributed by atoms with Crippen molar-refractivity contribution in [3.05, 3.63) is 11.6 Å². The Bertz CT molecular complexity index is 371. The highest BCUT2D eigenvalue weighted by atomic mass is 16.4. The molecular formula is C14H20O3. The fourth-order valence-corrected chi connectivity index (χ4v) is 4.77. The van der Waals surface area contributed by atoms with E-state index in [1.165, 1.54) is 6.42 Å². The van der Waals surface area contributed by atoms with Gasteiger partial charge in [-0.1, -0.05) is 6.08 Å². The van der Waals surface area contributed by atoms with Crippen molar-refractivity contribution in [1.29, 1.82) is 0 Å². The lowest BCUT2D eigenvalue weighted by molar-refractivity contribution is -0.136. The minimum Gasteiger partial charge on any atom is -0.478 e. The fourth-order valence-electron chi connectivity index (χ4n) is 4.77. The fraction of sp³-hybridized carbons (Fsp3) is 0.786. The number of carboxylic acid groups (broad SMARTS) is 1. The Morgan fingerprint density at radius 3 is 2.35 bits per heavy atom. The van der Waals surface area contributed by atoms with Gasteiger partial charge < -0.3 is 10.2 Å². The molecule has 4 aliphatic carbocycles. The van der Waals surface area contributed by atoms with Crippen LogP contribution in [0.15, 0.2) is 11.6 Å². The maximum Gasteiger partial charge on any atom is 0.330 e. The molecular weight excluding hydrogens is 216 g/mol. The Labute approximate surface area is 102 Å². The van der Waals surface area contributed by atoms with Crippen LogP contribution < -0.4 is 0 Å². The van der Waals surface area contributed by atoms with Crippen LogP contribution >= 0.6 is 0 Å². The Kier molecular flexibility index (Phi) is 2.37. The highest BCUT2D eigenvalue weighted by Crippen LogP contribution is 2.60. The third-order valence-corrected chi connectivity index (χ3v) is 5.15. The molecule has 0 heterocycles. The lowest BCUT2D eigenvalue weighted by Gasteiger charge is -2.58. The number of carboxylic acids is 1. The summed E-state index contributed by atoms with van der Waals surface area (Å²) >= 11 is 0. The Morgan fingerprint density at radius 2 is 1.82 bits per heavy atom. The van der Waals surface area contributed by atoms with Crippen molar-refractivity contribution in [3.8, 4) is 0 Å². The van der Waals surface area contributed by atoms with Crippen LogP contribution in [0.3, 0.4) is 0 Å². The molecule has 0 radical (unpaired) electrons. The first kappa shape index (κ1) is 11.3. The van der Waals surface area contributed by atoms with Crippen LogP contribution in [-0.4, -0.2) is 22.3 Å². The summed E-state index contributed by atoms with van der Waals surface area (Å²) < 4.78 is 0. The summed E-state index contributed by atoms with van der Waals surface area (Å²) in [4.78, 5) is 11.0. The second kappa shape index (κ2) is 3.58. The quantitative estimate of drug-likeness (QED) is 0.723. The molecule has 0 aromatic heterocycles. The highest BCUT2D eigenvalue weighted by Gasteiger charge is 2.55.